The summed E-state index contributed by atoms with van der Waals surface area (Å²) >= 11 is 0. The van der Waals surface area contributed by atoms with E-state index in [4.69, 9.17) is 5.11 Å². The number of piperidine rings is 1. The maximum atomic E-state index is 12.1. The van der Waals surface area contributed by atoms with Gasteiger partial charge in [0.1, 0.15) is 0 Å². The van der Waals surface area contributed by atoms with Gasteiger partial charge in [-0.1, -0.05) is 6.92 Å². The Labute approximate surface area is 108 Å². The van der Waals surface area contributed by atoms with E-state index >= 15 is 0 Å². The van der Waals surface area contributed by atoms with E-state index in [2.05, 4.69) is 12.2 Å². The fraction of sp³-hybridized carbons (Fsp3) is 0.846. The van der Waals surface area contributed by atoms with E-state index in [1.807, 2.05) is 0 Å². The molecule has 5 nitrogen and oxygen atoms in total. The summed E-state index contributed by atoms with van der Waals surface area (Å²) in [5.41, 5.74) is 0.285. The van der Waals surface area contributed by atoms with Crippen molar-refractivity contribution >= 4 is 12.0 Å². The Balaban J connectivity index is 1.86. The fourth-order valence-corrected chi connectivity index (χ4v) is 2.46. The second kappa shape index (κ2) is 5.16. The molecule has 0 aromatic heterocycles. The minimum absolute atomic E-state index is 0.0602. The van der Waals surface area contributed by atoms with E-state index in [0.717, 1.165) is 19.3 Å². The molecule has 0 aromatic carbocycles. The molecule has 1 aliphatic heterocycles. The average molecular weight is 254 g/mol. The number of carbonyl (C=O) groups excluding carboxylic acids is 1. The van der Waals surface area contributed by atoms with Gasteiger partial charge < -0.3 is 15.3 Å². The van der Waals surface area contributed by atoms with Crippen LogP contribution in [0.4, 0.5) is 4.79 Å². The second-order valence-corrected chi connectivity index (χ2v) is 5.91. The van der Waals surface area contributed by atoms with Crippen LogP contribution in [0.1, 0.15) is 45.4 Å². The van der Waals surface area contributed by atoms with Crippen LogP contribution in [0.25, 0.3) is 0 Å². The molecule has 0 aromatic rings. The van der Waals surface area contributed by atoms with Crippen molar-refractivity contribution in [1.82, 2.24) is 10.2 Å². The van der Waals surface area contributed by atoms with Gasteiger partial charge in [0.05, 0.1) is 6.42 Å². The van der Waals surface area contributed by atoms with Crippen molar-refractivity contribution in [3.63, 3.8) is 0 Å². The largest absolute Gasteiger partial charge is 0.481 e. The standard InChI is InChI=1S/C13H22N2O3/c1-13(5-6-13)9-14-12(18)15-7-3-2-4-10(15)8-11(16)17/h10H,2-9H2,1H3,(H,14,18)(H,16,17). The van der Waals surface area contributed by atoms with E-state index in [-0.39, 0.29) is 23.9 Å². The lowest BCUT2D eigenvalue weighted by atomic mass is 10.00. The number of hydrogen-bond acceptors (Lipinski definition) is 2. The second-order valence-electron chi connectivity index (χ2n) is 5.91. The predicted molar refractivity (Wildman–Crippen MR) is 67.3 cm³/mol. The summed E-state index contributed by atoms with van der Waals surface area (Å²) in [5, 5.41) is 11.8. The number of nitrogens with one attached hydrogen (secondary N) is 1. The number of urea groups is 1. The number of carboxylic acid groups (broad SMARTS) is 1. The number of amides is 2. The molecule has 1 atom stereocenters. The molecule has 2 aliphatic rings. The van der Waals surface area contributed by atoms with E-state index in [1.165, 1.54) is 12.8 Å². The summed E-state index contributed by atoms with van der Waals surface area (Å²) in [7, 11) is 0. The Kier molecular flexibility index (Phi) is 3.78. The smallest absolute Gasteiger partial charge is 0.317 e. The van der Waals surface area contributed by atoms with Crippen LogP contribution in [0.2, 0.25) is 0 Å². The first kappa shape index (κ1) is 13.2. The van der Waals surface area contributed by atoms with Crippen molar-refractivity contribution in [2.45, 2.75) is 51.5 Å². The Bertz CT molecular complexity index is 339. The monoisotopic (exact) mass is 254 g/mol. The molecule has 18 heavy (non-hydrogen) atoms. The van der Waals surface area contributed by atoms with Crippen LogP contribution in [0.3, 0.4) is 0 Å². The van der Waals surface area contributed by atoms with Crippen LogP contribution in [-0.2, 0) is 4.79 Å². The first-order chi connectivity index (χ1) is 8.50. The highest BCUT2D eigenvalue weighted by molar-refractivity contribution is 5.76. The fourth-order valence-electron chi connectivity index (χ4n) is 2.46. The van der Waals surface area contributed by atoms with Crippen LogP contribution in [0.15, 0.2) is 0 Å². The summed E-state index contributed by atoms with van der Waals surface area (Å²) in [6, 6.07) is -0.225. The van der Waals surface area contributed by atoms with Crippen molar-refractivity contribution in [3.8, 4) is 0 Å². The van der Waals surface area contributed by atoms with E-state index in [1.54, 1.807) is 4.90 Å². The van der Waals surface area contributed by atoms with Crippen molar-refractivity contribution in [1.29, 1.82) is 0 Å². The van der Waals surface area contributed by atoms with Crippen LogP contribution in [-0.4, -0.2) is 41.1 Å². The van der Waals surface area contributed by atoms with E-state index in [9.17, 15) is 9.59 Å². The zero-order valence-electron chi connectivity index (χ0n) is 10.9. The van der Waals surface area contributed by atoms with Crippen molar-refractivity contribution < 1.29 is 14.7 Å². The third-order valence-corrected chi connectivity index (χ3v) is 4.07. The predicted octanol–water partition coefficient (Wildman–Crippen LogP) is 1.83. The molecule has 102 valence electrons. The van der Waals surface area contributed by atoms with Gasteiger partial charge in [-0.3, -0.25) is 4.79 Å². The normalized spacial score (nSPS) is 25.6. The highest BCUT2D eigenvalue weighted by atomic mass is 16.4. The summed E-state index contributed by atoms with van der Waals surface area (Å²) < 4.78 is 0. The molecule has 1 aliphatic carbocycles. The van der Waals surface area contributed by atoms with Gasteiger partial charge >= 0.3 is 12.0 Å². The molecule has 1 unspecified atom stereocenters. The van der Waals surface area contributed by atoms with Crippen LogP contribution in [0.5, 0.6) is 0 Å². The Hall–Kier alpha value is -1.26. The number of carbonyl (C=O) groups is 2. The van der Waals surface area contributed by atoms with Crippen LogP contribution < -0.4 is 5.32 Å². The Morgan fingerprint density at radius 3 is 2.72 bits per heavy atom. The lowest BCUT2D eigenvalue weighted by Gasteiger charge is -2.35. The molecule has 0 radical (unpaired) electrons. The lowest BCUT2D eigenvalue weighted by Crippen LogP contribution is -2.50. The number of nitrogens with zero attached hydrogens (tertiary/aromatic N) is 1. The molecule has 0 bridgehead atoms. The van der Waals surface area contributed by atoms with Gasteiger partial charge in [-0.05, 0) is 37.5 Å². The quantitative estimate of drug-likeness (QED) is 0.804. The van der Waals surface area contributed by atoms with Crippen molar-refractivity contribution in [3.05, 3.63) is 0 Å². The first-order valence-electron chi connectivity index (χ1n) is 6.76. The SMILES string of the molecule is CC1(CNC(=O)N2CCCCC2CC(=O)O)CC1. The Morgan fingerprint density at radius 1 is 1.39 bits per heavy atom. The summed E-state index contributed by atoms with van der Waals surface area (Å²) in [6.45, 7) is 3.56. The number of hydrogen-bond donors (Lipinski definition) is 2. The zero-order valence-corrected chi connectivity index (χ0v) is 10.9. The molecule has 0 spiro atoms. The van der Waals surface area contributed by atoms with Gasteiger partial charge in [0.2, 0.25) is 0 Å². The Morgan fingerprint density at radius 2 is 2.11 bits per heavy atom. The summed E-state index contributed by atoms with van der Waals surface area (Å²) in [6.07, 6.45) is 5.19. The van der Waals surface area contributed by atoms with Gasteiger partial charge in [0.15, 0.2) is 0 Å². The molecule has 1 saturated heterocycles. The molecular formula is C13H22N2O3. The topological polar surface area (TPSA) is 69.6 Å². The molecule has 2 amide bonds. The number of likely N-dealkylation sites (tertiary alicyclic amines) is 1. The third kappa shape index (κ3) is 3.37. The number of carboxylic acids is 1. The average Bonchev–Trinajstić information content (AvgIpc) is 3.05. The van der Waals surface area contributed by atoms with Gasteiger partial charge in [0, 0.05) is 19.1 Å². The molecule has 1 saturated carbocycles. The highest BCUT2D eigenvalue weighted by Gasteiger charge is 2.38. The molecule has 2 rings (SSSR count). The number of rotatable bonds is 4. The van der Waals surface area contributed by atoms with Crippen LogP contribution >= 0.6 is 0 Å². The van der Waals surface area contributed by atoms with Crippen molar-refractivity contribution in [2.24, 2.45) is 5.41 Å². The minimum atomic E-state index is -0.825. The van der Waals surface area contributed by atoms with Gasteiger partial charge in [0.25, 0.3) is 0 Å². The molecule has 5 heteroatoms. The maximum absolute atomic E-state index is 12.1. The lowest BCUT2D eigenvalue weighted by molar-refractivity contribution is -0.138. The zero-order chi connectivity index (χ0) is 13.2. The first-order valence-corrected chi connectivity index (χ1v) is 6.76. The molecule has 1 heterocycles. The third-order valence-electron chi connectivity index (χ3n) is 4.07. The van der Waals surface area contributed by atoms with E-state index in [0.29, 0.717) is 13.1 Å². The van der Waals surface area contributed by atoms with Gasteiger partial charge in [-0.25, -0.2) is 4.79 Å². The minimum Gasteiger partial charge on any atom is -0.481 e. The van der Waals surface area contributed by atoms with Crippen molar-refractivity contribution in [2.75, 3.05) is 13.1 Å². The molecule has 2 N–H and O–H groups in total. The molecular weight excluding hydrogens is 232 g/mol. The summed E-state index contributed by atoms with van der Waals surface area (Å²) in [4.78, 5) is 24.6. The van der Waals surface area contributed by atoms with Gasteiger partial charge in [-0.15, -0.1) is 0 Å². The number of aliphatic carboxylic acids is 1. The maximum Gasteiger partial charge on any atom is 0.317 e. The van der Waals surface area contributed by atoms with Gasteiger partial charge in [-0.2, -0.15) is 0 Å². The van der Waals surface area contributed by atoms with Crippen LogP contribution in [0, 0.1) is 5.41 Å². The molecule has 2 fully saturated rings. The highest BCUT2D eigenvalue weighted by Crippen LogP contribution is 2.44. The van der Waals surface area contributed by atoms with E-state index < -0.39 is 5.97 Å². The summed E-state index contributed by atoms with van der Waals surface area (Å²) in [5.74, 6) is -0.825.